The van der Waals surface area contributed by atoms with Crippen LogP contribution in [0.25, 0.3) is 0 Å². The van der Waals surface area contributed by atoms with Crippen molar-refractivity contribution in [3.63, 3.8) is 0 Å². The van der Waals surface area contributed by atoms with Crippen LogP contribution in [0.2, 0.25) is 0 Å². The number of anilines is 1. The van der Waals surface area contributed by atoms with E-state index in [4.69, 9.17) is 0 Å². The fourth-order valence-electron chi connectivity index (χ4n) is 2.18. The molecule has 8 nitrogen and oxygen atoms in total. The first-order valence-corrected chi connectivity index (χ1v) is 6.24. The van der Waals surface area contributed by atoms with Gasteiger partial charge in [-0.2, -0.15) is 5.26 Å². The van der Waals surface area contributed by atoms with Crippen LogP contribution in [-0.2, 0) is 19.7 Å². The van der Waals surface area contributed by atoms with E-state index in [1.165, 1.54) is 27.0 Å². The summed E-state index contributed by atoms with van der Waals surface area (Å²) in [5, 5.41) is 23.0. The molecule has 1 atom stereocenters. The molecule has 0 aromatic heterocycles. The molecule has 1 aromatic carbocycles. The monoisotopic (exact) mass is 305 g/mol. The first kappa shape index (κ1) is 17.1. The van der Waals surface area contributed by atoms with Crippen LogP contribution >= 0.6 is 0 Å². The number of nitro groups is 1. The van der Waals surface area contributed by atoms with Crippen molar-refractivity contribution in [3.8, 4) is 6.07 Å². The predicted molar refractivity (Wildman–Crippen MR) is 77.4 cm³/mol. The number of nitro benzene ring substituents is 1. The Morgan fingerprint density at radius 3 is 2.41 bits per heavy atom. The van der Waals surface area contributed by atoms with E-state index >= 15 is 0 Å². The Kier molecular flexibility index (Phi) is 4.83. The van der Waals surface area contributed by atoms with E-state index in [1.807, 2.05) is 6.07 Å². The summed E-state index contributed by atoms with van der Waals surface area (Å²) in [5.74, 6) is -1.38. The minimum absolute atomic E-state index is 0.0543. The summed E-state index contributed by atoms with van der Waals surface area (Å²) in [6.07, 6.45) is 0. The molecule has 116 valence electrons. The maximum absolute atomic E-state index is 12.1. The maximum Gasteiger partial charge on any atom is 0.323 e. The number of Topliss-reactive ketones (excluding diaryl/α,β-unsaturated/α-hetero) is 1. The van der Waals surface area contributed by atoms with Crippen molar-refractivity contribution >= 4 is 23.1 Å². The number of ketones is 1. The lowest BCUT2D eigenvalue weighted by molar-refractivity contribution is -0.384. The molecule has 0 spiro atoms. The van der Waals surface area contributed by atoms with Crippen LogP contribution in [0.15, 0.2) is 12.1 Å². The van der Waals surface area contributed by atoms with Gasteiger partial charge in [0.05, 0.1) is 17.6 Å². The summed E-state index contributed by atoms with van der Waals surface area (Å²) in [5.41, 5.74) is -2.18. The molecule has 8 heteroatoms. The van der Waals surface area contributed by atoms with E-state index in [9.17, 15) is 25.0 Å². The highest BCUT2D eigenvalue weighted by Gasteiger charge is 2.44. The third-order valence-corrected chi connectivity index (χ3v) is 3.58. The molecule has 0 amide bonds. The van der Waals surface area contributed by atoms with E-state index in [1.54, 1.807) is 0 Å². The number of benzene rings is 1. The van der Waals surface area contributed by atoms with E-state index in [0.29, 0.717) is 0 Å². The van der Waals surface area contributed by atoms with Crippen LogP contribution in [-0.4, -0.2) is 30.8 Å². The number of nitrogens with one attached hydrogen (secondary N) is 1. The minimum atomic E-state index is -1.72. The highest BCUT2D eigenvalue weighted by atomic mass is 16.6. The van der Waals surface area contributed by atoms with Crippen LogP contribution < -0.4 is 5.32 Å². The minimum Gasteiger partial charge on any atom is -0.468 e. The van der Waals surface area contributed by atoms with Gasteiger partial charge >= 0.3 is 5.97 Å². The standard InChI is InChI=1S/C14H15N3O5/c1-8(18)14(2,13(19)22-4)10-5-6-11(17(20)21)12(16-3)9(10)7-15/h5-6,16H,1-4H3. The molecule has 1 aromatic rings. The lowest BCUT2D eigenvalue weighted by Gasteiger charge is -2.25. The zero-order valence-corrected chi connectivity index (χ0v) is 12.6. The van der Waals surface area contributed by atoms with Crippen molar-refractivity contribution in [1.29, 1.82) is 5.26 Å². The third-order valence-electron chi connectivity index (χ3n) is 3.58. The van der Waals surface area contributed by atoms with E-state index in [0.717, 1.165) is 13.2 Å². The number of rotatable bonds is 5. The van der Waals surface area contributed by atoms with E-state index in [-0.39, 0.29) is 22.5 Å². The highest BCUT2D eigenvalue weighted by Crippen LogP contribution is 2.37. The Hall–Kier alpha value is -2.95. The number of carbonyl (C=O) groups excluding carboxylic acids is 2. The number of hydrogen-bond acceptors (Lipinski definition) is 7. The number of nitriles is 1. The summed E-state index contributed by atoms with van der Waals surface area (Å²) >= 11 is 0. The molecular formula is C14H15N3O5. The summed E-state index contributed by atoms with van der Waals surface area (Å²) < 4.78 is 4.66. The molecular weight excluding hydrogens is 290 g/mol. The van der Waals surface area contributed by atoms with Gasteiger partial charge in [-0.1, -0.05) is 0 Å². The Balaban J connectivity index is 3.82. The number of nitrogens with zero attached hydrogens (tertiary/aromatic N) is 2. The van der Waals surface area contributed by atoms with Gasteiger partial charge in [0.15, 0.2) is 5.78 Å². The van der Waals surface area contributed by atoms with Crippen molar-refractivity contribution in [2.75, 3.05) is 19.5 Å². The first-order valence-electron chi connectivity index (χ1n) is 6.24. The van der Waals surface area contributed by atoms with Crippen molar-refractivity contribution in [2.24, 2.45) is 0 Å². The van der Waals surface area contributed by atoms with E-state index < -0.39 is 22.1 Å². The van der Waals surface area contributed by atoms with Gasteiger partial charge in [-0.15, -0.1) is 0 Å². The van der Waals surface area contributed by atoms with Gasteiger partial charge in [0.2, 0.25) is 0 Å². The number of esters is 1. The Labute approximate surface area is 126 Å². The van der Waals surface area contributed by atoms with Gasteiger partial charge in [-0.25, -0.2) is 0 Å². The van der Waals surface area contributed by atoms with Crippen molar-refractivity contribution in [3.05, 3.63) is 33.4 Å². The summed E-state index contributed by atoms with van der Waals surface area (Å²) in [4.78, 5) is 34.4. The summed E-state index contributed by atoms with van der Waals surface area (Å²) in [6.45, 7) is 2.52. The number of carbonyl (C=O) groups is 2. The van der Waals surface area contributed by atoms with E-state index in [2.05, 4.69) is 10.1 Å². The molecule has 1 rings (SSSR count). The van der Waals surface area contributed by atoms with Crippen molar-refractivity contribution in [1.82, 2.24) is 0 Å². The molecule has 0 bridgehead atoms. The highest BCUT2D eigenvalue weighted by molar-refractivity contribution is 6.09. The molecule has 22 heavy (non-hydrogen) atoms. The van der Waals surface area contributed by atoms with Crippen LogP contribution in [0, 0.1) is 21.4 Å². The summed E-state index contributed by atoms with van der Waals surface area (Å²) in [6, 6.07) is 4.20. The smallest absolute Gasteiger partial charge is 0.323 e. The lowest BCUT2D eigenvalue weighted by Crippen LogP contribution is -2.41. The molecule has 0 fully saturated rings. The Morgan fingerprint density at radius 1 is 1.45 bits per heavy atom. The second-order valence-electron chi connectivity index (χ2n) is 4.67. The molecule has 0 aliphatic carbocycles. The maximum atomic E-state index is 12.1. The normalized spacial score (nSPS) is 12.7. The second-order valence-corrected chi connectivity index (χ2v) is 4.67. The average molecular weight is 305 g/mol. The largest absolute Gasteiger partial charge is 0.468 e. The number of ether oxygens (including phenoxy) is 1. The van der Waals surface area contributed by atoms with Gasteiger partial charge in [-0.3, -0.25) is 19.7 Å². The van der Waals surface area contributed by atoms with Gasteiger partial charge in [0.1, 0.15) is 17.2 Å². The second kappa shape index (κ2) is 6.22. The average Bonchev–Trinajstić information content (AvgIpc) is 2.50. The fraction of sp³-hybridized carbons (Fsp3) is 0.357. The SMILES string of the molecule is CNc1c([N+](=O)[O-])ccc(C(C)(C(C)=O)C(=O)OC)c1C#N. The number of hydrogen-bond donors (Lipinski definition) is 1. The molecule has 0 saturated carbocycles. The molecule has 1 unspecified atom stereocenters. The zero-order chi connectivity index (χ0) is 17.1. The molecule has 0 aliphatic rings. The Morgan fingerprint density at radius 2 is 2.05 bits per heavy atom. The van der Waals surface area contributed by atoms with Crippen LogP contribution in [0.1, 0.15) is 25.0 Å². The first-order chi connectivity index (χ1) is 10.2. The van der Waals surface area contributed by atoms with Crippen LogP contribution in [0.3, 0.4) is 0 Å². The van der Waals surface area contributed by atoms with Crippen LogP contribution in [0.5, 0.6) is 0 Å². The van der Waals surface area contributed by atoms with Crippen molar-refractivity contribution < 1.29 is 19.2 Å². The van der Waals surface area contributed by atoms with Crippen LogP contribution in [0.4, 0.5) is 11.4 Å². The lowest BCUT2D eigenvalue weighted by atomic mass is 9.76. The van der Waals surface area contributed by atoms with Crippen molar-refractivity contribution in [2.45, 2.75) is 19.3 Å². The molecule has 0 saturated heterocycles. The molecule has 0 aliphatic heterocycles. The van der Waals surface area contributed by atoms with Gasteiger partial charge in [-0.05, 0) is 25.5 Å². The van der Waals surface area contributed by atoms with Gasteiger partial charge < -0.3 is 10.1 Å². The molecule has 1 N–H and O–H groups in total. The molecule has 0 radical (unpaired) electrons. The topological polar surface area (TPSA) is 122 Å². The van der Waals surface area contributed by atoms with Gasteiger partial charge in [0, 0.05) is 13.1 Å². The zero-order valence-electron chi connectivity index (χ0n) is 12.6. The third kappa shape index (κ3) is 2.48. The molecule has 0 heterocycles. The quantitative estimate of drug-likeness (QED) is 0.378. The predicted octanol–water partition coefficient (Wildman–Crippen LogP) is 1.53. The fourth-order valence-corrected chi connectivity index (χ4v) is 2.18. The number of methoxy groups -OCH3 is 1. The summed E-state index contributed by atoms with van der Waals surface area (Å²) in [7, 11) is 2.54. The van der Waals surface area contributed by atoms with Gasteiger partial charge in [0.25, 0.3) is 5.69 Å². The Bertz CT molecular complexity index is 692.